The van der Waals surface area contributed by atoms with Crippen LogP contribution in [-0.4, -0.2) is 27.0 Å². The van der Waals surface area contributed by atoms with Gasteiger partial charge in [0, 0.05) is 11.3 Å². The van der Waals surface area contributed by atoms with Gasteiger partial charge in [-0.05, 0) is 53.9 Å². The quantitative estimate of drug-likeness (QED) is 0.0634. The van der Waals surface area contributed by atoms with Crippen molar-refractivity contribution in [2.45, 2.75) is 23.1 Å². The average molecular weight is 610 g/mol. The molecule has 5 aromatic rings. The van der Waals surface area contributed by atoms with Crippen LogP contribution in [0, 0.1) is 12.7 Å². The normalized spacial score (nSPS) is 16.0. The standard InChI is InChI=1S/C33H24FN3O4S2/c1-20-15-16-23(18-26(20)34)29(38)27-28(22-11-8-14-25(17-22)41-24-12-6-3-7-13-24)37(31(40)30(27)39)32-35-36-33(43-32)42-19-21-9-4-2-5-10-21/h2-18,28,38H,19H2,1H3/b29-27-. The number of hydrogen-bond donors (Lipinski definition) is 1. The predicted molar refractivity (Wildman–Crippen MR) is 165 cm³/mol. The van der Waals surface area contributed by atoms with E-state index in [0.717, 1.165) is 11.6 Å². The minimum Gasteiger partial charge on any atom is -0.507 e. The number of aromatic nitrogens is 2. The number of Topliss-reactive ketones (excluding diaryl/α,β-unsaturated/α-hetero) is 1. The Balaban J connectivity index is 1.42. The fraction of sp³-hybridized carbons (Fsp3) is 0.0909. The molecule has 0 radical (unpaired) electrons. The minimum atomic E-state index is -1.07. The first-order valence-electron chi connectivity index (χ1n) is 13.3. The molecule has 4 aromatic carbocycles. The number of benzene rings is 4. The summed E-state index contributed by atoms with van der Waals surface area (Å²) in [6.07, 6.45) is 0. The Morgan fingerprint density at radius 1 is 0.930 bits per heavy atom. The molecular formula is C33H24FN3O4S2. The zero-order valence-corrected chi connectivity index (χ0v) is 24.4. The number of aliphatic hydroxyl groups is 1. The Morgan fingerprint density at radius 2 is 1.65 bits per heavy atom. The van der Waals surface area contributed by atoms with Crippen molar-refractivity contribution < 1.29 is 23.8 Å². The van der Waals surface area contributed by atoms with Crippen LogP contribution in [0.2, 0.25) is 0 Å². The molecule has 1 aliphatic heterocycles. The average Bonchev–Trinajstić information content (AvgIpc) is 3.60. The van der Waals surface area contributed by atoms with E-state index in [1.54, 1.807) is 43.3 Å². The molecule has 2 heterocycles. The Kier molecular flexibility index (Phi) is 8.04. The van der Waals surface area contributed by atoms with E-state index in [9.17, 15) is 19.1 Å². The number of carbonyl (C=O) groups is 2. The van der Waals surface area contributed by atoms with Crippen LogP contribution in [0.25, 0.3) is 5.76 Å². The second-order valence-electron chi connectivity index (χ2n) is 9.75. The third-order valence-corrected chi connectivity index (χ3v) is 8.98. The van der Waals surface area contributed by atoms with Crippen LogP contribution in [0.15, 0.2) is 113 Å². The maximum absolute atomic E-state index is 14.5. The van der Waals surface area contributed by atoms with Gasteiger partial charge < -0.3 is 9.84 Å². The number of hydrogen-bond acceptors (Lipinski definition) is 8. The molecule has 43 heavy (non-hydrogen) atoms. The summed E-state index contributed by atoms with van der Waals surface area (Å²) in [5, 5.41) is 20.1. The molecule has 0 aliphatic carbocycles. The molecule has 1 N–H and O–H groups in total. The Morgan fingerprint density at radius 3 is 2.40 bits per heavy atom. The second-order valence-corrected chi connectivity index (χ2v) is 11.9. The van der Waals surface area contributed by atoms with Gasteiger partial charge in [-0.15, -0.1) is 10.2 Å². The molecule has 1 unspecified atom stereocenters. The third kappa shape index (κ3) is 5.93. The minimum absolute atomic E-state index is 0.0826. The topological polar surface area (TPSA) is 92.6 Å². The highest BCUT2D eigenvalue weighted by molar-refractivity contribution is 8.00. The van der Waals surface area contributed by atoms with Crippen molar-refractivity contribution in [1.82, 2.24) is 10.2 Å². The van der Waals surface area contributed by atoms with Crippen LogP contribution in [0.5, 0.6) is 11.5 Å². The lowest BCUT2D eigenvalue weighted by Gasteiger charge is -2.23. The van der Waals surface area contributed by atoms with E-state index in [-0.39, 0.29) is 16.3 Å². The van der Waals surface area contributed by atoms with Crippen molar-refractivity contribution in [1.29, 1.82) is 0 Å². The van der Waals surface area contributed by atoms with E-state index in [4.69, 9.17) is 4.74 Å². The van der Waals surface area contributed by atoms with Gasteiger partial charge in [-0.2, -0.15) is 0 Å². The first kappa shape index (κ1) is 28.3. The molecule has 0 bridgehead atoms. The van der Waals surface area contributed by atoms with Gasteiger partial charge in [-0.1, -0.05) is 95.9 Å². The highest BCUT2D eigenvalue weighted by atomic mass is 32.2. The highest BCUT2D eigenvalue weighted by Crippen LogP contribution is 2.45. The molecule has 7 nitrogen and oxygen atoms in total. The summed E-state index contributed by atoms with van der Waals surface area (Å²) in [5.74, 6) is -1.09. The van der Waals surface area contributed by atoms with E-state index in [1.165, 1.54) is 40.1 Å². The maximum atomic E-state index is 14.5. The van der Waals surface area contributed by atoms with Gasteiger partial charge in [-0.25, -0.2) is 4.39 Å². The molecule has 6 rings (SSSR count). The van der Waals surface area contributed by atoms with E-state index < -0.39 is 29.3 Å². The van der Waals surface area contributed by atoms with Crippen LogP contribution in [0.1, 0.15) is 28.3 Å². The summed E-state index contributed by atoms with van der Waals surface area (Å²) in [7, 11) is 0. The molecule has 10 heteroatoms. The number of para-hydroxylation sites is 1. The van der Waals surface area contributed by atoms with E-state index in [2.05, 4.69) is 10.2 Å². The van der Waals surface area contributed by atoms with Crippen molar-refractivity contribution in [3.8, 4) is 11.5 Å². The lowest BCUT2D eigenvalue weighted by Crippen LogP contribution is -2.29. The zero-order valence-electron chi connectivity index (χ0n) is 22.8. The number of amides is 1. The highest BCUT2D eigenvalue weighted by Gasteiger charge is 2.48. The summed E-state index contributed by atoms with van der Waals surface area (Å²) in [5.41, 5.74) is 1.88. The van der Waals surface area contributed by atoms with Gasteiger partial charge in [0.25, 0.3) is 5.78 Å². The molecule has 1 amide bonds. The maximum Gasteiger partial charge on any atom is 0.301 e. The van der Waals surface area contributed by atoms with Crippen molar-refractivity contribution in [2.24, 2.45) is 0 Å². The fourth-order valence-electron chi connectivity index (χ4n) is 4.69. The molecular weight excluding hydrogens is 586 g/mol. The molecule has 1 atom stereocenters. The molecule has 0 spiro atoms. The Labute approximate surface area is 255 Å². The zero-order chi connectivity index (χ0) is 29.9. The van der Waals surface area contributed by atoms with Gasteiger partial charge in [-0.3, -0.25) is 14.5 Å². The lowest BCUT2D eigenvalue weighted by atomic mass is 9.95. The van der Waals surface area contributed by atoms with Crippen LogP contribution in [0.4, 0.5) is 9.52 Å². The van der Waals surface area contributed by atoms with E-state index in [1.807, 2.05) is 48.5 Å². The molecule has 1 saturated heterocycles. The van der Waals surface area contributed by atoms with E-state index >= 15 is 0 Å². The Hall–Kier alpha value is -4.80. The number of carbonyl (C=O) groups excluding carboxylic acids is 2. The summed E-state index contributed by atoms with van der Waals surface area (Å²) in [6, 6.07) is 29.1. The summed E-state index contributed by atoms with van der Waals surface area (Å²) >= 11 is 2.63. The van der Waals surface area contributed by atoms with Crippen LogP contribution in [0.3, 0.4) is 0 Å². The number of aliphatic hydroxyl groups excluding tert-OH is 1. The van der Waals surface area contributed by atoms with Crippen LogP contribution >= 0.6 is 23.1 Å². The van der Waals surface area contributed by atoms with Crippen molar-refractivity contribution in [3.05, 3.63) is 137 Å². The number of nitrogens with zero attached hydrogens (tertiary/aromatic N) is 3. The van der Waals surface area contributed by atoms with Crippen LogP contribution in [-0.2, 0) is 15.3 Å². The SMILES string of the molecule is Cc1ccc(/C(O)=C2/C(=O)C(=O)N(c3nnc(SCc4ccccc4)s3)C2c2cccc(Oc3ccccc3)c2)cc1F. The molecule has 1 fully saturated rings. The van der Waals surface area contributed by atoms with Gasteiger partial charge in [0.1, 0.15) is 23.1 Å². The number of rotatable bonds is 8. The van der Waals surface area contributed by atoms with Crippen molar-refractivity contribution >= 4 is 45.7 Å². The first-order chi connectivity index (χ1) is 20.9. The third-order valence-electron chi connectivity index (χ3n) is 6.85. The van der Waals surface area contributed by atoms with Gasteiger partial charge in [0.15, 0.2) is 4.34 Å². The summed E-state index contributed by atoms with van der Waals surface area (Å²) in [4.78, 5) is 28.4. The monoisotopic (exact) mass is 609 g/mol. The summed E-state index contributed by atoms with van der Waals surface area (Å²) in [6.45, 7) is 1.60. The number of ketones is 1. The Bertz CT molecular complexity index is 1840. The lowest BCUT2D eigenvalue weighted by molar-refractivity contribution is -0.132. The molecule has 1 aliphatic rings. The number of aryl methyl sites for hydroxylation is 1. The second kappa shape index (κ2) is 12.2. The molecule has 1 aromatic heterocycles. The van der Waals surface area contributed by atoms with Crippen LogP contribution < -0.4 is 9.64 Å². The van der Waals surface area contributed by atoms with Gasteiger partial charge >= 0.3 is 5.91 Å². The number of thioether (sulfide) groups is 1. The molecule has 214 valence electrons. The van der Waals surface area contributed by atoms with E-state index in [0.29, 0.717) is 32.7 Å². The number of anilines is 1. The number of ether oxygens (including phenoxy) is 1. The van der Waals surface area contributed by atoms with Gasteiger partial charge in [0.05, 0.1) is 11.6 Å². The van der Waals surface area contributed by atoms with Crippen molar-refractivity contribution in [3.63, 3.8) is 0 Å². The molecule has 0 saturated carbocycles. The first-order valence-corrected chi connectivity index (χ1v) is 15.1. The largest absolute Gasteiger partial charge is 0.507 e. The number of halogens is 1. The predicted octanol–water partition coefficient (Wildman–Crippen LogP) is 7.70. The fourth-order valence-corrected chi connectivity index (χ4v) is 6.51. The van der Waals surface area contributed by atoms with Crippen molar-refractivity contribution in [2.75, 3.05) is 4.90 Å². The smallest absolute Gasteiger partial charge is 0.301 e. The summed E-state index contributed by atoms with van der Waals surface area (Å²) < 4.78 is 21.1. The van der Waals surface area contributed by atoms with Gasteiger partial charge in [0.2, 0.25) is 5.13 Å².